The van der Waals surface area contributed by atoms with Crippen LogP contribution in [0.2, 0.25) is 0 Å². The molecule has 0 aliphatic carbocycles. The molecule has 130 valence electrons. The molecule has 0 atom stereocenters. The van der Waals surface area contributed by atoms with Gasteiger partial charge in [-0.1, -0.05) is 6.07 Å². The van der Waals surface area contributed by atoms with Crippen LogP contribution in [0, 0.1) is 13.8 Å². The van der Waals surface area contributed by atoms with Crippen LogP contribution in [0.3, 0.4) is 0 Å². The Morgan fingerprint density at radius 3 is 2.73 bits per heavy atom. The van der Waals surface area contributed by atoms with Crippen LogP contribution in [-0.2, 0) is 6.42 Å². The monoisotopic (exact) mass is 362 g/mol. The molecule has 3 heterocycles. The minimum Gasteiger partial charge on any atom is -0.477 e. The van der Waals surface area contributed by atoms with Crippen LogP contribution in [0.25, 0.3) is 22.2 Å². The van der Waals surface area contributed by atoms with Crippen LogP contribution < -0.4 is 0 Å². The van der Waals surface area contributed by atoms with Crippen molar-refractivity contribution in [2.24, 2.45) is 0 Å². The van der Waals surface area contributed by atoms with Gasteiger partial charge < -0.3 is 10.1 Å². The van der Waals surface area contributed by atoms with E-state index in [1.165, 1.54) is 17.2 Å². The number of nitrogens with one attached hydrogen (secondary N) is 1. The molecule has 0 unspecified atom stereocenters. The Balaban J connectivity index is 1.89. The molecule has 26 heavy (non-hydrogen) atoms. The fourth-order valence-electron chi connectivity index (χ4n) is 3.23. The van der Waals surface area contributed by atoms with Gasteiger partial charge in [-0.25, -0.2) is 9.78 Å². The van der Waals surface area contributed by atoms with Crippen molar-refractivity contribution in [3.63, 3.8) is 0 Å². The summed E-state index contributed by atoms with van der Waals surface area (Å²) < 4.78 is 0. The molecule has 5 heteroatoms. The van der Waals surface area contributed by atoms with Crippen molar-refractivity contribution in [1.29, 1.82) is 0 Å². The molecular formula is C21H18N2O2S. The Morgan fingerprint density at radius 2 is 2.00 bits per heavy atom. The van der Waals surface area contributed by atoms with E-state index in [1.54, 1.807) is 17.4 Å². The van der Waals surface area contributed by atoms with Gasteiger partial charge in [-0.3, -0.25) is 0 Å². The number of aromatic amines is 1. The summed E-state index contributed by atoms with van der Waals surface area (Å²) in [5.41, 5.74) is 7.77. The first-order chi connectivity index (χ1) is 12.5. The second-order valence-electron chi connectivity index (χ2n) is 6.47. The average Bonchev–Trinajstić information content (AvgIpc) is 3.25. The summed E-state index contributed by atoms with van der Waals surface area (Å²) in [6.45, 7) is 4.22. The smallest absolute Gasteiger partial charge is 0.354 e. The molecule has 0 radical (unpaired) electrons. The predicted octanol–water partition coefficient (Wildman–Crippen LogP) is 5.20. The van der Waals surface area contributed by atoms with Crippen LogP contribution in [-0.4, -0.2) is 21.0 Å². The first-order valence-corrected chi connectivity index (χ1v) is 9.31. The number of hydrogen-bond donors (Lipinski definition) is 2. The van der Waals surface area contributed by atoms with Gasteiger partial charge in [0.25, 0.3) is 0 Å². The maximum Gasteiger partial charge on any atom is 0.354 e. The largest absolute Gasteiger partial charge is 0.477 e. The Kier molecular flexibility index (Phi) is 4.09. The van der Waals surface area contributed by atoms with Crippen molar-refractivity contribution in [2.45, 2.75) is 20.3 Å². The van der Waals surface area contributed by atoms with Crippen LogP contribution >= 0.6 is 11.3 Å². The molecule has 4 rings (SSSR count). The van der Waals surface area contributed by atoms with Gasteiger partial charge in [-0.05, 0) is 66.2 Å². The van der Waals surface area contributed by atoms with E-state index in [2.05, 4.69) is 52.8 Å². The molecule has 1 aromatic carbocycles. The van der Waals surface area contributed by atoms with E-state index in [-0.39, 0.29) is 5.69 Å². The number of fused-ring (bicyclic) bond motifs is 1. The van der Waals surface area contributed by atoms with Gasteiger partial charge in [-0.2, -0.15) is 11.3 Å². The van der Waals surface area contributed by atoms with Gasteiger partial charge >= 0.3 is 5.97 Å². The molecule has 0 amide bonds. The zero-order chi connectivity index (χ0) is 18.3. The summed E-state index contributed by atoms with van der Waals surface area (Å²) in [6.07, 6.45) is 0.578. The molecule has 3 aromatic heterocycles. The molecule has 0 saturated carbocycles. The van der Waals surface area contributed by atoms with Gasteiger partial charge in [-0.15, -0.1) is 0 Å². The van der Waals surface area contributed by atoms with Crippen molar-refractivity contribution < 1.29 is 9.90 Å². The van der Waals surface area contributed by atoms with Crippen LogP contribution in [0.1, 0.15) is 32.9 Å². The predicted molar refractivity (Wildman–Crippen MR) is 105 cm³/mol. The summed E-state index contributed by atoms with van der Waals surface area (Å²) in [6, 6.07) is 11.6. The van der Waals surface area contributed by atoms with Crippen molar-refractivity contribution >= 4 is 28.2 Å². The molecule has 0 aliphatic rings. The van der Waals surface area contributed by atoms with E-state index < -0.39 is 5.97 Å². The summed E-state index contributed by atoms with van der Waals surface area (Å²) in [5.74, 6) is -1.00. The molecule has 2 N–H and O–H groups in total. The van der Waals surface area contributed by atoms with E-state index in [4.69, 9.17) is 0 Å². The third-order valence-corrected chi connectivity index (χ3v) is 5.40. The van der Waals surface area contributed by atoms with Crippen LogP contribution in [0.15, 0.2) is 47.2 Å². The minimum absolute atomic E-state index is 0.0754. The highest BCUT2D eigenvalue weighted by molar-refractivity contribution is 7.08. The van der Waals surface area contributed by atoms with E-state index in [9.17, 15) is 9.90 Å². The summed E-state index contributed by atoms with van der Waals surface area (Å²) in [5, 5.41) is 14.6. The Morgan fingerprint density at radius 1 is 1.19 bits per heavy atom. The highest BCUT2D eigenvalue weighted by atomic mass is 32.1. The summed E-state index contributed by atoms with van der Waals surface area (Å²) >= 11 is 1.66. The standard InChI is InChI=1S/C21H18N2O2S/c1-12-8-16-17(10-15-4-3-5-18(22-15)21(24)25)20(14-6-7-26-11-14)23-19(16)9-13(12)2/h3-9,11,23H,10H2,1-2H3,(H,24,25). The maximum atomic E-state index is 11.2. The number of aromatic nitrogens is 2. The molecule has 0 fully saturated rings. The van der Waals surface area contributed by atoms with E-state index in [0.29, 0.717) is 6.42 Å². The third kappa shape index (κ3) is 2.91. The lowest BCUT2D eigenvalue weighted by Crippen LogP contribution is -2.03. The zero-order valence-electron chi connectivity index (χ0n) is 14.5. The second kappa shape index (κ2) is 6.42. The van der Waals surface area contributed by atoms with E-state index in [1.807, 2.05) is 6.07 Å². The highest BCUT2D eigenvalue weighted by Gasteiger charge is 2.16. The van der Waals surface area contributed by atoms with Crippen molar-refractivity contribution in [2.75, 3.05) is 0 Å². The molecule has 0 saturated heterocycles. The molecule has 4 aromatic rings. The van der Waals surface area contributed by atoms with Gasteiger partial charge in [0.15, 0.2) is 0 Å². The Bertz CT molecular complexity index is 1110. The number of aryl methyl sites for hydroxylation is 2. The Labute approximate surface area is 155 Å². The average molecular weight is 362 g/mol. The lowest BCUT2D eigenvalue weighted by Gasteiger charge is -2.06. The number of carbonyl (C=O) groups is 1. The number of carboxylic acid groups (broad SMARTS) is 1. The van der Waals surface area contributed by atoms with Gasteiger partial charge in [0, 0.05) is 34.0 Å². The van der Waals surface area contributed by atoms with Crippen molar-refractivity contribution in [3.8, 4) is 11.3 Å². The van der Waals surface area contributed by atoms with Gasteiger partial charge in [0.05, 0.1) is 5.69 Å². The first kappa shape index (κ1) is 16.5. The lowest BCUT2D eigenvalue weighted by atomic mass is 9.99. The van der Waals surface area contributed by atoms with Gasteiger partial charge in [0.2, 0.25) is 0 Å². The fourth-order valence-corrected chi connectivity index (χ4v) is 3.88. The SMILES string of the molecule is Cc1cc2[nH]c(-c3ccsc3)c(Cc3cccc(C(=O)O)n3)c2cc1C. The van der Waals surface area contributed by atoms with E-state index in [0.717, 1.165) is 33.4 Å². The third-order valence-electron chi connectivity index (χ3n) is 4.71. The maximum absolute atomic E-state index is 11.2. The quantitative estimate of drug-likeness (QED) is 0.524. The molecule has 0 spiro atoms. The highest BCUT2D eigenvalue weighted by Crippen LogP contribution is 2.34. The van der Waals surface area contributed by atoms with Gasteiger partial charge in [0.1, 0.15) is 5.69 Å². The number of carboxylic acids is 1. The molecular weight excluding hydrogens is 344 g/mol. The van der Waals surface area contributed by atoms with E-state index >= 15 is 0 Å². The number of H-pyrrole nitrogens is 1. The number of nitrogens with zero attached hydrogens (tertiary/aromatic N) is 1. The number of hydrogen-bond acceptors (Lipinski definition) is 3. The molecule has 4 nitrogen and oxygen atoms in total. The molecule has 0 aliphatic heterocycles. The lowest BCUT2D eigenvalue weighted by molar-refractivity contribution is 0.0690. The fraction of sp³-hybridized carbons (Fsp3) is 0.143. The number of benzene rings is 1. The number of thiophene rings is 1. The number of pyridine rings is 1. The summed E-state index contributed by atoms with van der Waals surface area (Å²) in [4.78, 5) is 19.1. The topological polar surface area (TPSA) is 66.0 Å². The van der Waals surface area contributed by atoms with Crippen molar-refractivity contribution in [3.05, 3.63) is 75.2 Å². The first-order valence-electron chi connectivity index (χ1n) is 8.36. The number of rotatable bonds is 4. The normalized spacial score (nSPS) is 11.2. The summed E-state index contributed by atoms with van der Waals surface area (Å²) in [7, 11) is 0. The Hall–Kier alpha value is -2.92. The van der Waals surface area contributed by atoms with Crippen LogP contribution in [0.4, 0.5) is 0 Å². The number of aromatic carboxylic acids is 1. The van der Waals surface area contributed by atoms with Crippen molar-refractivity contribution in [1.82, 2.24) is 9.97 Å². The zero-order valence-corrected chi connectivity index (χ0v) is 15.4. The minimum atomic E-state index is -1.00. The van der Waals surface area contributed by atoms with Crippen LogP contribution in [0.5, 0.6) is 0 Å². The molecule has 0 bridgehead atoms. The second-order valence-corrected chi connectivity index (χ2v) is 7.25.